The Kier molecular flexibility index (Phi) is 4.61. The van der Waals surface area contributed by atoms with Crippen molar-refractivity contribution in [1.82, 2.24) is 4.98 Å². The van der Waals surface area contributed by atoms with Crippen LogP contribution in [0.1, 0.15) is 49.5 Å². The summed E-state index contributed by atoms with van der Waals surface area (Å²) in [5.74, 6) is -0.417. The predicted octanol–water partition coefficient (Wildman–Crippen LogP) is 2.62. The molecule has 5 nitrogen and oxygen atoms in total. The Morgan fingerprint density at radius 2 is 2.00 bits per heavy atom. The van der Waals surface area contributed by atoms with Crippen LogP contribution in [0.15, 0.2) is 10.7 Å². The molecule has 0 saturated carbocycles. The number of carbonyl (C=O) groups is 1. The number of rotatable bonds is 3. The maximum atomic E-state index is 11.5. The number of ether oxygens (including phenoxy) is 1. The van der Waals surface area contributed by atoms with Gasteiger partial charge in [0, 0.05) is 13.1 Å². The van der Waals surface area contributed by atoms with E-state index >= 15 is 0 Å². The molecule has 1 aromatic rings. The molecule has 5 heteroatoms. The summed E-state index contributed by atoms with van der Waals surface area (Å²) >= 11 is 0. The predicted molar refractivity (Wildman–Crippen MR) is 67.8 cm³/mol. The van der Waals surface area contributed by atoms with E-state index in [1.807, 2.05) is 0 Å². The summed E-state index contributed by atoms with van der Waals surface area (Å²) in [6.45, 7) is 4.02. The SMILES string of the molecule is CCOC(=O)c1coc(N2CCCCCCC2)n1. The van der Waals surface area contributed by atoms with Crippen molar-refractivity contribution in [3.63, 3.8) is 0 Å². The number of carbonyl (C=O) groups excluding carboxylic acids is 1. The largest absolute Gasteiger partial charge is 0.461 e. The molecule has 0 bridgehead atoms. The van der Waals surface area contributed by atoms with E-state index in [-0.39, 0.29) is 5.69 Å². The third kappa shape index (κ3) is 3.24. The van der Waals surface area contributed by atoms with E-state index in [4.69, 9.17) is 9.15 Å². The molecule has 1 aromatic heterocycles. The van der Waals surface area contributed by atoms with Gasteiger partial charge in [0.25, 0.3) is 6.01 Å². The molecule has 0 spiro atoms. The van der Waals surface area contributed by atoms with Crippen LogP contribution in [-0.4, -0.2) is 30.6 Å². The lowest BCUT2D eigenvalue weighted by molar-refractivity contribution is 0.0519. The van der Waals surface area contributed by atoms with Gasteiger partial charge in [0.05, 0.1) is 6.61 Å². The van der Waals surface area contributed by atoms with Crippen molar-refractivity contribution in [2.24, 2.45) is 0 Å². The van der Waals surface area contributed by atoms with Gasteiger partial charge in [0.15, 0.2) is 5.69 Å². The van der Waals surface area contributed by atoms with Gasteiger partial charge >= 0.3 is 5.97 Å². The van der Waals surface area contributed by atoms with Gasteiger partial charge in [-0.05, 0) is 19.8 Å². The van der Waals surface area contributed by atoms with Crippen molar-refractivity contribution in [1.29, 1.82) is 0 Å². The Hall–Kier alpha value is -1.52. The van der Waals surface area contributed by atoms with Crippen LogP contribution in [0.25, 0.3) is 0 Å². The van der Waals surface area contributed by atoms with E-state index in [0.29, 0.717) is 12.6 Å². The number of oxazole rings is 1. The lowest BCUT2D eigenvalue weighted by Gasteiger charge is -2.22. The fraction of sp³-hybridized carbons (Fsp3) is 0.692. The quantitative estimate of drug-likeness (QED) is 0.774. The molecule has 0 aromatic carbocycles. The molecule has 1 fully saturated rings. The fourth-order valence-corrected chi connectivity index (χ4v) is 2.15. The minimum atomic E-state index is -0.417. The zero-order valence-corrected chi connectivity index (χ0v) is 10.9. The highest BCUT2D eigenvalue weighted by Gasteiger charge is 2.18. The molecular weight excluding hydrogens is 232 g/mol. The van der Waals surface area contributed by atoms with Crippen LogP contribution >= 0.6 is 0 Å². The van der Waals surface area contributed by atoms with Crippen LogP contribution in [0.4, 0.5) is 6.01 Å². The van der Waals surface area contributed by atoms with Crippen molar-refractivity contribution >= 4 is 12.0 Å². The van der Waals surface area contributed by atoms with E-state index < -0.39 is 5.97 Å². The monoisotopic (exact) mass is 252 g/mol. The standard InChI is InChI=1S/C13H20N2O3/c1-2-17-12(16)11-10-18-13(14-11)15-8-6-4-3-5-7-9-15/h10H,2-9H2,1H3. The normalized spacial score (nSPS) is 17.1. The zero-order valence-electron chi connectivity index (χ0n) is 10.9. The topological polar surface area (TPSA) is 55.6 Å². The third-order valence-corrected chi connectivity index (χ3v) is 3.10. The maximum absolute atomic E-state index is 11.5. The van der Waals surface area contributed by atoms with E-state index in [9.17, 15) is 4.79 Å². The lowest BCUT2D eigenvalue weighted by atomic mass is 10.1. The summed E-state index contributed by atoms with van der Waals surface area (Å²) in [6, 6.07) is 0.542. The van der Waals surface area contributed by atoms with Crippen molar-refractivity contribution in [3.8, 4) is 0 Å². The van der Waals surface area contributed by atoms with Gasteiger partial charge in [0.2, 0.25) is 0 Å². The Morgan fingerprint density at radius 1 is 1.33 bits per heavy atom. The molecule has 0 unspecified atom stereocenters. The van der Waals surface area contributed by atoms with Gasteiger partial charge in [-0.25, -0.2) is 4.79 Å². The second kappa shape index (κ2) is 6.42. The van der Waals surface area contributed by atoms with Crippen LogP contribution in [0, 0.1) is 0 Å². The van der Waals surface area contributed by atoms with Crippen LogP contribution in [0.3, 0.4) is 0 Å². The summed E-state index contributed by atoms with van der Waals surface area (Å²) < 4.78 is 10.3. The molecule has 100 valence electrons. The second-order valence-electron chi connectivity index (χ2n) is 4.49. The minimum Gasteiger partial charge on any atom is -0.461 e. The smallest absolute Gasteiger partial charge is 0.360 e. The number of aromatic nitrogens is 1. The van der Waals surface area contributed by atoms with Crippen LogP contribution < -0.4 is 4.90 Å². The first kappa shape index (κ1) is 12.9. The molecule has 18 heavy (non-hydrogen) atoms. The van der Waals surface area contributed by atoms with E-state index in [1.54, 1.807) is 6.92 Å². The average molecular weight is 252 g/mol. The van der Waals surface area contributed by atoms with E-state index in [1.165, 1.54) is 25.5 Å². The molecule has 1 saturated heterocycles. The van der Waals surface area contributed by atoms with Crippen molar-refractivity contribution < 1.29 is 13.9 Å². The lowest BCUT2D eigenvalue weighted by Crippen LogP contribution is -2.27. The molecular formula is C13H20N2O3. The van der Waals surface area contributed by atoms with Crippen LogP contribution in [-0.2, 0) is 4.74 Å². The molecule has 0 radical (unpaired) electrons. The summed E-state index contributed by atoms with van der Waals surface area (Å²) in [5.41, 5.74) is 0.258. The maximum Gasteiger partial charge on any atom is 0.360 e. The fourth-order valence-electron chi connectivity index (χ4n) is 2.15. The zero-order chi connectivity index (χ0) is 12.8. The Morgan fingerprint density at radius 3 is 2.67 bits per heavy atom. The highest BCUT2D eigenvalue weighted by Crippen LogP contribution is 2.18. The first-order valence-electron chi connectivity index (χ1n) is 6.69. The van der Waals surface area contributed by atoms with Crippen LogP contribution in [0.2, 0.25) is 0 Å². The first-order chi connectivity index (χ1) is 8.81. The molecule has 0 N–H and O–H groups in total. The number of esters is 1. The number of hydrogen-bond donors (Lipinski definition) is 0. The van der Waals surface area contributed by atoms with Gasteiger partial charge in [-0.15, -0.1) is 0 Å². The molecule has 0 amide bonds. The molecule has 2 rings (SSSR count). The second-order valence-corrected chi connectivity index (χ2v) is 4.49. The summed E-state index contributed by atoms with van der Waals surface area (Å²) in [4.78, 5) is 17.8. The van der Waals surface area contributed by atoms with Crippen molar-refractivity contribution in [2.75, 3.05) is 24.6 Å². The molecule has 1 aliphatic rings. The van der Waals surface area contributed by atoms with Gasteiger partial charge in [0.1, 0.15) is 6.26 Å². The van der Waals surface area contributed by atoms with Gasteiger partial charge < -0.3 is 14.1 Å². The minimum absolute atomic E-state index is 0.258. The molecule has 0 aliphatic carbocycles. The molecule has 0 atom stereocenters. The number of anilines is 1. The summed E-state index contributed by atoms with van der Waals surface area (Å²) in [7, 11) is 0. The first-order valence-corrected chi connectivity index (χ1v) is 6.69. The highest BCUT2D eigenvalue weighted by atomic mass is 16.5. The third-order valence-electron chi connectivity index (χ3n) is 3.10. The van der Waals surface area contributed by atoms with Gasteiger partial charge in [-0.3, -0.25) is 0 Å². The molecule has 2 heterocycles. The number of nitrogens with zero attached hydrogens (tertiary/aromatic N) is 2. The molecule has 1 aliphatic heterocycles. The van der Waals surface area contributed by atoms with Gasteiger partial charge in [-0.1, -0.05) is 19.3 Å². The van der Waals surface area contributed by atoms with E-state index in [0.717, 1.165) is 25.9 Å². The van der Waals surface area contributed by atoms with Crippen molar-refractivity contribution in [2.45, 2.75) is 39.0 Å². The highest BCUT2D eigenvalue weighted by molar-refractivity contribution is 5.87. The average Bonchev–Trinajstić information content (AvgIpc) is 2.78. The summed E-state index contributed by atoms with van der Waals surface area (Å²) in [5, 5.41) is 0. The van der Waals surface area contributed by atoms with Gasteiger partial charge in [-0.2, -0.15) is 4.98 Å². The van der Waals surface area contributed by atoms with E-state index in [2.05, 4.69) is 9.88 Å². The Bertz CT molecular complexity index is 381. The Balaban J connectivity index is 2.01. The Labute approximate surface area is 107 Å². The van der Waals surface area contributed by atoms with Crippen LogP contribution in [0.5, 0.6) is 0 Å². The van der Waals surface area contributed by atoms with Crippen molar-refractivity contribution in [3.05, 3.63) is 12.0 Å². The summed E-state index contributed by atoms with van der Waals surface area (Å²) in [6.07, 6.45) is 7.50. The number of hydrogen-bond acceptors (Lipinski definition) is 5.